The topological polar surface area (TPSA) is 356 Å². The molecule has 310 valence electrons. The van der Waals surface area contributed by atoms with Gasteiger partial charge >= 0.3 is 23.9 Å². The van der Waals surface area contributed by atoms with Crippen LogP contribution in [-0.2, 0) is 47.9 Å². The third-order valence-electron chi connectivity index (χ3n) is 8.49. The molecule has 0 unspecified atom stereocenters. The third-order valence-corrected chi connectivity index (χ3v) is 8.49. The fraction of sp³-hybridized carbons (Fsp3) is 0.697. The number of aliphatic hydroxyl groups is 1. The molecule has 1 rings (SSSR count). The molecule has 1 aliphatic rings. The van der Waals surface area contributed by atoms with Crippen molar-refractivity contribution in [1.82, 2.24) is 37.2 Å². The molecule has 1 saturated heterocycles. The summed E-state index contributed by atoms with van der Waals surface area (Å²) in [6.45, 7) is 7.80. The first-order chi connectivity index (χ1) is 25.5. The molecule has 0 aromatic heterocycles. The van der Waals surface area contributed by atoms with Crippen LogP contribution in [0.1, 0.15) is 79.6 Å². The Kier molecular flexibility index (Phi) is 19.7. The van der Waals surface area contributed by atoms with E-state index >= 15 is 0 Å². The van der Waals surface area contributed by atoms with Gasteiger partial charge in [-0.3, -0.25) is 43.2 Å². The fourth-order valence-corrected chi connectivity index (χ4v) is 5.38. The first kappa shape index (κ1) is 47.6. The van der Waals surface area contributed by atoms with Crippen molar-refractivity contribution in [2.24, 2.45) is 11.8 Å². The van der Waals surface area contributed by atoms with Gasteiger partial charge in [0.25, 0.3) is 0 Å². The number of hydrogen-bond acceptors (Lipinski definition) is 12. The second kappa shape index (κ2) is 22.7. The van der Waals surface area contributed by atoms with Crippen molar-refractivity contribution in [3.05, 3.63) is 0 Å². The van der Waals surface area contributed by atoms with Gasteiger partial charge in [0, 0.05) is 12.8 Å². The van der Waals surface area contributed by atoms with Gasteiger partial charge in [0.15, 0.2) is 0 Å². The Morgan fingerprint density at radius 3 is 1.36 bits per heavy atom. The molecule has 55 heavy (non-hydrogen) atoms. The highest BCUT2D eigenvalue weighted by atomic mass is 16.4. The van der Waals surface area contributed by atoms with E-state index in [1.165, 1.54) is 34.6 Å². The maximum atomic E-state index is 13.6. The predicted molar refractivity (Wildman–Crippen MR) is 188 cm³/mol. The van der Waals surface area contributed by atoms with Gasteiger partial charge in [0.2, 0.25) is 35.4 Å². The highest BCUT2D eigenvalue weighted by Crippen LogP contribution is 2.11. The van der Waals surface area contributed by atoms with Crippen LogP contribution in [0.3, 0.4) is 0 Å². The second-order valence-electron chi connectivity index (χ2n) is 13.8. The third kappa shape index (κ3) is 16.7. The minimum absolute atomic E-state index is 0.505. The van der Waals surface area contributed by atoms with Gasteiger partial charge in [-0.15, -0.1) is 0 Å². The Bertz CT molecular complexity index is 1430. The summed E-state index contributed by atoms with van der Waals surface area (Å²) >= 11 is 0. The van der Waals surface area contributed by atoms with Crippen molar-refractivity contribution in [2.75, 3.05) is 6.54 Å². The summed E-state index contributed by atoms with van der Waals surface area (Å²) in [5.74, 6) is -13.2. The number of amides is 6. The maximum Gasteiger partial charge on any atom is 0.326 e. The first-order valence-corrected chi connectivity index (χ1v) is 17.7. The van der Waals surface area contributed by atoms with Crippen molar-refractivity contribution in [3.8, 4) is 0 Å². The van der Waals surface area contributed by atoms with Gasteiger partial charge in [0.1, 0.15) is 36.3 Å². The average Bonchev–Trinajstić information content (AvgIpc) is 3.62. The molecule has 0 aromatic carbocycles. The molecule has 0 saturated carbocycles. The minimum atomic E-state index is -1.87. The molecule has 1 fully saturated rings. The van der Waals surface area contributed by atoms with Crippen LogP contribution in [0.5, 0.6) is 0 Å². The van der Waals surface area contributed by atoms with Gasteiger partial charge < -0.3 is 62.8 Å². The highest BCUT2D eigenvalue weighted by Gasteiger charge is 2.37. The number of carboxylic acid groups (broad SMARTS) is 4. The number of carboxylic acids is 4. The van der Waals surface area contributed by atoms with E-state index in [1.54, 1.807) is 0 Å². The number of aliphatic carboxylic acids is 4. The number of carbonyl (C=O) groups is 10. The zero-order chi connectivity index (χ0) is 42.2. The van der Waals surface area contributed by atoms with E-state index in [9.17, 15) is 68.4 Å². The molecule has 12 N–H and O–H groups in total. The number of hydrogen-bond donors (Lipinski definition) is 12. The average molecular weight is 788 g/mol. The summed E-state index contributed by atoms with van der Waals surface area (Å²) in [4.78, 5) is 125. The molecule has 0 spiro atoms. The van der Waals surface area contributed by atoms with Crippen LogP contribution in [0.15, 0.2) is 0 Å². The summed E-state index contributed by atoms with van der Waals surface area (Å²) in [5, 5.41) is 64.0. The molecule has 8 atom stereocenters. The molecule has 1 aliphatic heterocycles. The number of aliphatic hydroxyl groups excluding tert-OH is 1. The van der Waals surface area contributed by atoms with Gasteiger partial charge in [-0.25, -0.2) is 4.79 Å². The lowest BCUT2D eigenvalue weighted by Crippen LogP contribution is -2.62. The first-order valence-electron chi connectivity index (χ1n) is 17.7. The molecular weight excluding hydrogens is 734 g/mol. The van der Waals surface area contributed by atoms with E-state index in [4.69, 9.17) is 5.11 Å². The van der Waals surface area contributed by atoms with E-state index in [2.05, 4.69) is 31.9 Å². The normalized spacial score (nSPS) is 17.6. The summed E-state index contributed by atoms with van der Waals surface area (Å²) < 4.78 is 0. The molecule has 22 heteroatoms. The zero-order valence-electron chi connectivity index (χ0n) is 31.2. The zero-order valence-corrected chi connectivity index (χ0v) is 31.2. The van der Waals surface area contributed by atoms with Crippen LogP contribution < -0.4 is 37.2 Å². The van der Waals surface area contributed by atoms with Crippen LogP contribution in [0.4, 0.5) is 0 Å². The molecule has 0 aliphatic carbocycles. The number of rotatable bonds is 24. The summed E-state index contributed by atoms with van der Waals surface area (Å²) in [6.07, 6.45) is -3.63. The predicted octanol–water partition coefficient (Wildman–Crippen LogP) is -3.37. The number of nitrogens with one attached hydrogen (secondary N) is 7. The Hall–Kier alpha value is -5.38. The Balaban J connectivity index is 3.28. The van der Waals surface area contributed by atoms with Crippen LogP contribution in [0, 0.1) is 11.8 Å². The smallest absolute Gasteiger partial charge is 0.326 e. The lowest BCUT2D eigenvalue weighted by molar-refractivity contribution is -0.147. The largest absolute Gasteiger partial charge is 0.481 e. The van der Waals surface area contributed by atoms with Crippen LogP contribution in [0.2, 0.25) is 0 Å². The molecular formula is C33H53N7O15. The standard InChI is InChI=1S/C33H53N7O15/c1-14(2)24(31(52)37-20(33(54)55)13-23(46)47)38-29(50)19(9-11-22(44)45)35-28(49)18(8-10-21(42)43)36-30(51)25(15(3)4)39-32(53)26(16(5)41)40-27(48)17-7-6-12-34-17/h14-20,24-26,34,41H,6-13H2,1-5H3,(H,35,49)(H,36,51)(H,37,52)(H,38,50)(H,39,53)(H,40,48)(H,42,43)(H,44,45)(H,46,47)(H,54,55)/t16-,17+,18+,19+,20+,24+,25+,26+/m1/s1. The molecule has 22 nitrogen and oxygen atoms in total. The van der Waals surface area contributed by atoms with Crippen LogP contribution >= 0.6 is 0 Å². The van der Waals surface area contributed by atoms with Gasteiger partial charge in [0.05, 0.1) is 18.6 Å². The molecule has 0 bridgehead atoms. The Labute approximate surface area is 316 Å². The lowest BCUT2D eigenvalue weighted by Gasteiger charge is -2.29. The Morgan fingerprint density at radius 2 is 0.982 bits per heavy atom. The van der Waals surface area contributed by atoms with E-state index in [0.717, 1.165) is 6.42 Å². The monoisotopic (exact) mass is 787 g/mol. The molecule has 0 aromatic rings. The summed E-state index contributed by atoms with van der Waals surface area (Å²) in [5.41, 5.74) is 0. The highest BCUT2D eigenvalue weighted by molar-refractivity contribution is 5.97. The van der Waals surface area contributed by atoms with Crippen molar-refractivity contribution in [3.63, 3.8) is 0 Å². The van der Waals surface area contributed by atoms with Crippen LogP contribution in [-0.4, -0.2) is 140 Å². The molecule has 0 radical (unpaired) electrons. The summed E-state index contributed by atoms with van der Waals surface area (Å²) in [7, 11) is 0. The maximum absolute atomic E-state index is 13.6. The van der Waals surface area contributed by atoms with Crippen LogP contribution in [0.25, 0.3) is 0 Å². The van der Waals surface area contributed by atoms with E-state index in [0.29, 0.717) is 13.0 Å². The number of carbonyl (C=O) groups excluding carboxylic acids is 6. The van der Waals surface area contributed by atoms with Crippen molar-refractivity contribution < 1.29 is 73.5 Å². The Morgan fingerprint density at radius 1 is 0.564 bits per heavy atom. The van der Waals surface area contributed by atoms with Gasteiger partial charge in [-0.2, -0.15) is 0 Å². The molecule has 6 amide bonds. The SMILES string of the molecule is CC(C)[C@H](NC(=O)[C@H](CCC(=O)O)NC(=O)[C@H](CCC(=O)O)NC(=O)[C@@H](NC(=O)[C@@H](NC(=O)[C@@H]1CCCN1)[C@@H](C)O)C(C)C)C(=O)N[C@@H](CC(=O)O)C(=O)O. The quantitative estimate of drug-likeness (QED) is 0.0454. The van der Waals surface area contributed by atoms with Crippen molar-refractivity contribution in [1.29, 1.82) is 0 Å². The summed E-state index contributed by atoms with van der Waals surface area (Å²) in [6, 6.07) is -10.2. The minimum Gasteiger partial charge on any atom is -0.481 e. The lowest BCUT2D eigenvalue weighted by atomic mass is 10.00. The second-order valence-corrected chi connectivity index (χ2v) is 13.8. The van der Waals surface area contributed by atoms with E-state index in [1.807, 2.05) is 5.32 Å². The molecule has 1 heterocycles. The van der Waals surface area contributed by atoms with Crippen molar-refractivity contribution in [2.45, 2.75) is 128 Å². The fourth-order valence-electron chi connectivity index (χ4n) is 5.38. The van der Waals surface area contributed by atoms with E-state index in [-0.39, 0.29) is 0 Å². The van der Waals surface area contributed by atoms with Gasteiger partial charge in [-0.1, -0.05) is 27.7 Å². The van der Waals surface area contributed by atoms with Crippen molar-refractivity contribution >= 4 is 59.3 Å². The van der Waals surface area contributed by atoms with Gasteiger partial charge in [-0.05, 0) is 51.0 Å². The van der Waals surface area contributed by atoms with E-state index < -0.39 is 152 Å².